The Labute approximate surface area is 123 Å². The third-order valence-electron chi connectivity index (χ3n) is 4.13. The van der Waals surface area contributed by atoms with Crippen LogP contribution in [0.1, 0.15) is 43.0 Å². The van der Waals surface area contributed by atoms with E-state index in [-0.39, 0.29) is 5.69 Å². The molecule has 6 heteroatoms. The summed E-state index contributed by atoms with van der Waals surface area (Å²) in [5, 5.41) is 13.6. The number of aromatic nitrogens is 3. The second kappa shape index (κ2) is 5.44. The van der Waals surface area contributed by atoms with E-state index in [4.69, 9.17) is 0 Å². The number of hydrogen-bond acceptors (Lipinski definition) is 4. The molecule has 0 aliphatic carbocycles. The van der Waals surface area contributed by atoms with Crippen LogP contribution < -0.4 is 0 Å². The summed E-state index contributed by atoms with van der Waals surface area (Å²) in [6.45, 7) is 5.53. The van der Waals surface area contributed by atoms with E-state index in [0.717, 1.165) is 25.2 Å². The van der Waals surface area contributed by atoms with Crippen molar-refractivity contribution in [2.75, 3.05) is 6.54 Å². The number of rotatable bonds is 4. The first-order chi connectivity index (χ1) is 10.1. The fourth-order valence-electron chi connectivity index (χ4n) is 3.17. The average molecular weight is 288 g/mol. The minimum atomic E-state index is -0.985. The summed E-state index contributed by atoms with van der Waals surface area (Å²) in [4.78, 5) is 18.2. The van der Waals surface area contributed by atoms with Crippen LogP contribution in [0.15, 0.2) is 18.2 Å². The van der Waals surface area contributed by atoms with Gasteiger partial charge in [0.1, 0.15) is 0 Å². The number of pyridine rings is 1. The first kappa shape index (κ1) is 14.0. The average Bonchev–Trinajstić information content (AvgIpc) is 3.03. The molecule has 112 valence electrons. The smallest absolute Gasteiger partial charge is 0.354 e. The van der Waals surface area contributed by atoms with Crippen LogP contribution in [0.5, 0.6) is 0 Å². The lowest BCUT2D eigenvalue weighted by molar-refractivity contribution is 0.0687. The lowest BCUT2D eigenvalue weighted by Crippen LogP contribution is -2.36. The topological polar surface area (TPSA) is 70.7 Å². The van der Waals surface area contributed by atoms with Crippen LogP contribution in [0, 0.1) is 0 Å². The van der Waals surface area contributed by atoms with Gasteiger partial charge in [0.05, 0.1) is 0 Å². The summed E-state index contributed by atoms with van der Waals surface area (Å²) >= 11 is 0. The quantitative estimate of drug-likeness (QED) is 0.929. The third-order valence-corrected chi connectivity index (χ3v) is 4.13. The van der Waals surface area contributed by atoms with E-state index in [2.05, 4.69) is 28.8 Å². The zero-order valence-corrected chi connectivity index (χ0v) is 12.4. The Hall–Kier alpha value is -1.95. The van der Waals surface area contributed by atoms with Crippen molar-refractivity contribution in [3.8, 4) is 0 Å². The molecule has 21 heavy (non-hydrogen) atoms. The maximum Gasteiger partial charge on any atom is 0.354 e. The van der Waals surface area contributed by atoms with Crippen molar-refractivity contribution in [3.63, 3.8) is 0 Å². The molecule has 2 aromatic heterocycles. The molecular weight excluding hydrogens is 268 g/mol. The second-order valence-corrected chi connectivity index (χ2v) is 5.85. The molecule has 3 heterocycles. The van der Waals surface area contributed by atoms with Crippen LogP contribution in [-0.2, 0) is 6.42 Å². The van der Waals surface area contributed by atoms with E-state index in [1.54, 1.807) is 18.2 Å². The Morgan fingerprint density at radius 2 is 2.29 bits per heavy atom. The van der Waals surface area contributed by atoms with Gasteiger partial charge in [0, 0.05) is 18.5 Å². The summed E-state index contributed by atoms with van der Waals surface area (Å²) < 4.78 is 1.42. The van der Waals surface area contributed by atoms with Gasteiger partial charge < -0.3 is 5.11 Å². The molecule has 0 aromatic carbocycles. The van der Waals surface area contributed by atoms with Crippen molar-refractivity contribution in [2.24, 2.45) is 0 Å². The molecule has 3 rings (SSSR count). The van der Waals surface area contributed by atoms with Gasteiger partial charge in [-0.1, -0.05) is 6.07 Å². The maximum absolute atomic E-state index is 11.2. The molecular formula is C15H20N4O2. The lowest BCUT2D eigenvalue weighted by Gasteiger charge is -2.27. The van der Waals surface area contributed by atoms with E-state index >= 15 is 0 Å². The maximum atomic E-state index is 11.2. The molecule has 1 fully saturated rings. The number of likely N-dealkylation sites (tertiary alicyclic amines) is 1. The molecule has 1 unspecified atom stereocenters. The Morgan fingerprint density at radius 3 is 3.00 bits per heavy atom. The highest BCUT2D eigenvalue weighted by Gasteiger charge is 2.28. The molecule has 0 radical (unpaired) electrons. The highest BCUT2D eigenvalue weighted by molar-refractivity contribution is 5.86. The minimum absolute atomic E-state index is 0.151. The lowest BCUT2D eigenvalue weighted by atomic mass is 10.1. The normalized spacial score (nSPS) is 19.7. The molecule has 0 bridgehead atoms. The zero-order valence-electron chi connectivity index (χ0n) is 12.4. The van der Waals surface area contributed by atoms with Crippen LogP contribution in [0.3, 0.4) is 0 Å². The number of carbonyl (C=O) groups is 1. The summed E-state index contributed by atoms with van der Waals surface area (Å²) in [5.41, 5.74) is 0.748. The Kier molecular flexibility index (Phi) is 3.63. The van der Waals surface area contributed by atoms with Gasteiger partial charge in [-0.15, -0.1) is 0 Å². The van der Waals surface area contributed by atoms with E-state index in [1.165, 1.54) is 10.9 Å². The third kappa shape index (κ3) is 2.63. The van der Waals surface area contributed by atoms with Crippen molar-refractivity contribution in [3.05, 3.63) is 29.7 Å². The summed E-state index contributed by atoms with van der Waals surface area (Å²) in [7, 11) is 0. The molecule has 0 saturated carbocycles. The van der Waals surface area contributed by atoms with E-state index in [1.807, 2.05) is 0 Å². The minimum Gasteiger partial charge on any atom is -0.477 e. The monoisotopic (exact) mass is 288 g/mol. The molecule has 2 aromatic rings. The van der Waals surface area contributed by atoms with Gasteiger partial charge in [-0.2, -0.15) is 5.10 Å². The number of aromatic carboxylic acids is 1. The van der Waals surface area contributed by atoms with E-state index in [0.29, 0.717) is 17.7 Å². The molecule has 0 spiro atoms. The summed E-state index contributed by atoms with van der Waals surface area (Å²) in [6, 6.07) is 6.01. The van der Waals surface area contributed by atoms with Gasteiger partial charge in [-0.3, -0.25) is 4.90 Å². The second-order valence-electron chi connectivity index (χ2n) is 5.85. The van der Waals surface area contributed by atoms with Crippen LogP contribution >= 0.6 is 0 Å². The molecule has 1 aliphatic heterocycles. The van der Waals surface area contributed by atoms with Gasteiger partial charge >= 0.3 is 5.97 Å². The first-order valence-corrected chi connectivity index (χ1v) is 7.40. The van der Waals surface area contributed by atoms with Gasteiger partial charge in [0.25, 0.3) is 0 Å². The first-order valence-electron chi connectivity index (χ1n) is 7.40. The molecule has 1 N–H and O–H groups in total. The largest absolute Gasteiger partial charge is 0.477 e. The van der Waals surface area contributed by atoms with Crippen molar-refractivity contribution < 1.29 is 9.90 Å². The van der Waals surface area contributed by atoms with Crippen molar-refractivity contribution in [1.29, 1.82) is 0 Å². The van der Waals surface area contributed by atoms with Gasteiger partial charge in [0.2, 0.25) is 0 Å². The van der Waals surface area contributed by atoms with Gasteiger partial charge in [0.15, 0.2) is 17.2 Å². The predicted octanol–water partition coefficient (Wildman–Crippen LogP) is 1.84. The van der Waals surface area contributed by atoms with Crippen LogP contribution in [0.25, 0.3) is 5.65 Å². The van der Waals surface area contributed by atoms with Crippen LogP contribution in [-0.4, -0.2) is 49.2 Å². The predicted molar refractivity (Wildman–Crippen MR) is 78.5 cm³/mol. The summed E-state index contributed by atoms with van der Waals surface area (Å²) in [6.07, 6.45) is 3.13. The number of carboxylic acid groups (broad SMARTS) is 1. The molecule has 6 nitrogen and oxygen atoms in total. The fraction of sp³-hybridized carbons (Fsp3) is 0.533. The van der Waals surface area contributed by atoms with Crippen molar-refractivity contribution in [2.45, 2.75) is 45.2 Å². The van der Waals surface area contributed by atoms with Gasteiger partial charge in [-0.25, -0.2) is 14.3 Å². The highest BCUT2D eigenvalue weighted by Crippen LogP contribution is 2.22. The number of carboxylic acids is 1. The summed E-state index contributed by atoms with van der Waals surface area (Å²) in [5.74, 6) is -0.261. The highest BCUT2D eigenvalue weighted by atomic mass is 16.4. The molecule has 1 saturated heterocycles. The SMILES string of the molecule is CC(C)N1CCCC1Cc1nc2cccc(C(=O)O)n2n1. The fourth-order valence-corrected chi connectivity index (χ4v) is 3.17. The van der Waals surface area contributed by atoms with Crippen LogP contribution in [0.4, 0.5) is 0 Å². The Balaban J connectivity index is 1.88. The number of nitrogens with zero attached hydrogens (tertiary/aromatic N) is 4. The van der Waals surface area contributed by atoms with Crippen LogP contribution in [0.2, 0.25) is 0 Å². The molecule has 0 amide bonds. The zero-order chi connectivity index (χ0) is 15.0. The van der Waals surface area contributed by atoms with Crippen molar-refractivity contribution in [1.82, 2.24) is 19.5 Å². The number of fused-ring (bicyclic) bond motifs is 1. The molecule has 1 aliphatic rings. The van der Waals surface area contributed by atoms with Crippen molar-refractivity contribution >= 4 is 11.6 Å². The Morgan fingerprint density at radius 1 is 1.48 bits per heavy atom. The van der Waals surface area contributed by atoms with E-state index < -0.39 is 5.97 Å². The standard InChI is InChI=1S/C15H20N4O2/c1-10(2)18-8-4-5-11(18)9-13-16-14-7-3-6-12(15(20)21)19(14)17-13/h3,6-7,10-11H,4-5,8-9H2,1-2H3,(H,20,21). The number of hydrogen-bond donors (Lipinski definition) is 1. The molecule has 1 atom stereocenters. The van der Waals surface area contributed by atoms with Gasteiger partial charge in [-0.05, 0) is 45.4 Å². The Bertz CT molecular complexity index is 665. The van der Waals surface area contributed by atoms with E-state index in [9.17, 15) is 9.90 Å².